The van der Waals surface area contributed by atoms with Crippen LogP contribution in [0.4, 0.5) is 0 Å². The van der Waals surface area contributed by atoms with Crippen LogP contribution in [-0.4, -0.2) is 36.6 Å². The molecule has 6 heteroatoms. The number of methoxy groups -OCH3 is 1. The average Bonchev–Trinajstić information content (AvgIpc) is 2.82. The Balaban J connectivity index is 1.73. The number of nitrogens with one attached hydrogen (secondary N) is 1. The lowest BCUT2D eigenvalue weighted by Crippen LogP contribution is -2.23. The predicted octanol–water partition coefficient (Wildman–Crippen LogP) is 2.23. The quantitative estimate of drug-likeness (QED) is 0.779. The molecule has 0 radical (unpaired) electrons. The fraction of sp³-hybridized carbons (Fsp3) is 0.846. The van der Waals surface area contributed by atoms with Crippen molar-refractivity contribution in [3.05, 3.63) is 5.01 Å². The van der Waals surface area contributed by atoms with Gasteiger partial charge in [0.15, 0.2) is 0 Å². The molecule has 0 saturated heterocycles. The van der Waals surface area contributed by atoms with Crippen molar-refractivity contribution in [1.82, 2.24) is 15.5 Å². The van der Waals surface area contributed by atoms with Gasteiger partial charge in [0.05, 0.1) is 6.61 Å². The first-order valence-corrected chi connectivity index (χ1v) is 7.78. The number of hydrogen-bond donors (Lipinski definition) is 1. The van der Waals surface area contributed by atoms with E-state index in [0.29, 0.717) is 17.9 Å². The van der Waals surface area contributed by atoms with Crippen molar-refractivity contribution in [3.8, 4) is 5.19 Å². The summed E-state index contributed by atoms with van der Waals surface area (Å²) in [5.74, 6) is 0.766. The molecule has 1 aliphatic carbocycles. The summed E-state index contributed by atoms with van der Waals surface area (Å²) in [6, 6.07) is 0. The zero-order valence-corrected chi connectivity index (χ0v) is 12.5. The second-order valence-electron chi connectivity index (χ2n) is 5.14. The van der Waals surface area contributed by atoms with Crippen LogP contribution in [0.2, 0.25) is 0 Å². The van der Waals surface area contributed by atoms with Crippen molar-refractivity contribution in [2.24, 2.45) is 5.92 Å². The predicted molar refractivity (Wildman–Crippen MR) is 75.5 cm³/mol. The fourth-order valence-corrected chi connectivity index (χ4v) is 3.08. The Bertz CT molecular complexity index is 373. The Kier molecular flexibility index (Phi) is 6.00. The van der Waals surface area contributed by atoms with Crippen LogP contribution in [0, 0.1) is 5.92 Å². The van der Waals surface area contributed by atoms with E-state index in [4.69, 9.17) is 9.47 Å². The molecule has 0 spiro atoms. The van der Waals surface area contributed by atoms with E-state index in [1.807, 2.05) is 0 Å². The van der Waals surface area contributed by atoms with Gasteiger partial charge in [-0.1, -0.05) is 29.8 Å². The van der Waals surface area contributed by atoms with Crippen LogP contribution in [0.1, 0.15) is 37.6 Å². The molecule has 108 valence electrons. The molecule has 1 fully saturated rings. The third-order valence-electron chi connectivity index (χ3n) is 3.36. The summed E-state index contributed by atoms with van der Waals surface area (Å²) in [7, 11) is 1.70. The number of ether oxygens (including phenoxy) is 2. The van der Waals surface area contributed by atoms with Crippen molar-refractivity contribution in [1.29, 1.82) is 0 Å². The molecule has 2 rings (SSSR count). The van der Waals surface area contributed by atoms with Crippen LogP contribution in [0.5, 0.6) is 5.19 Å². The van der Waals surface area contributed by atoms with E-state index in [1.165, 1.54) is 24.2 Å². The van der Waals surface area contributed by atoms with Crippen molar-refractivity contribution in [2.75, 3.05) is 20.3 Å². The topological polar surface area (TPSA) is 56.3 Å². The third kappa shape index (κ3) is 5.04. The Morgan fingerprint density at radius 2 is 2.26 bits per heavy atom. The van der Waals surface area contributed by atoms with E-state index >= 15 is 0 Å². The Morgan fingerprint density at radius 3 is 3.05 bits per heavy atom. The molecule has 0 amide bonds. The molecule has 1 saturated carbocycles. The van der Waals surface area contributed by atoms with Gasteiger partial charge in [-0.15, -0.1) is 5.10 Å². The van der Waals surface area contributed by atoms with Gasteiger partial charge in [-0.05, 0) is 25.2 Å². The molecule has 5 nitrogen and oxygen atoms in total. The van der Waals surface area contributed by atoms with E-state index in [1.54, 1.807) is 7.11 Å². The van der Waals surface area contributed by atoms with Gasteiger partial charge in [-0.3, -0.25) is 0 Å². The second-order valence-corrected chi connectivity index (χ2v) is 6.17. The molecule has 19 heavy (non-hydrogen) atoms. The van der Waals surface area contributed by atoms with Crippen LogP contribution >= 0.6 is 11.3 Å². The lowest BCUT2D eigenvalue weighted by atomic mass is 9.89. The monoisotopic (exact) mass is 285 g/mol. The summed E-state index contributed by atoms with van der Waals surface area (Å²) < 4.78 is 10.9. The first-order chi connectivity index (χ1) is 9.28. The number of nitrogens with zero attached hydrogens (tertiary/aromatic N) is 2. The van der Waals surface area contributed by atoms with Gasteiger partial charge in [-0.25, -0.2) is 0 Å². The summed E-state index contributed by atoms with van der Waals surface area (Å²) >= 11 is 1.54. The number of aromatic nitrogens is 2. The summed E-state index contributed by atoms with van der Waals surface area (Å²) in [5.41, 5.74) is 0. The van der Waals surface area contributed by atoms with E-state index in [-0.39, 0.29) is 0 Å². The molecular weight excluding hydrogens is 262 g/mol. The largest absolute Gasteiger partial charge is 0.466 e. The van der Waals surface area contributed by atoms with Gasteiger partial charge >= 0.3 is 0 Å². The van der Waals surface area contributed by atoms with Crippen molar-refractivity contribution in [3.63, 3.8) is 0 Å². The van der Waals surface area contributed by atoms with Gasteiger partial charge in [0.25, 0.3) is 5.19 Å². The van der Waals surface area contributed by atoms with E-state index in [2.05, 4.69) is 22.4 Å². The van der Waals surface area contributed by atoms with Crippen LogP contribution in [0.3, 0.4) is 0 Å². The van der Waals surface area contributed by atoms with Crippen LogP contribution in [-0.2, 0) is 11.3 Å². The van der Waals surface area contributed by atoms with Crippen molar-refractivity contribution in [2.45, 2.75) is 45.3 Å². The van der Waals surface area contributed by atoms with Crippen LogP contribution in [0.25, 0.3) is 0 Å². The zero-order chi connectivity index (χ0) is 13.5. The van der Waals surface area contributed by atoms with E-state index in [0.717, 1.165) is 36.9 Å². The van der Waals surface area contributed by atoms with Gasteiger partial charge in [0, 0.05) is 20.2 Å². The molecule has 0 aliphatic heterocycles. The molecule has 1 heterocycles. The Labute approximate surface area is 118 Å². The van der Waals surface area contributed by atoms with Gasteiger partial charge in [0.2, 0.25) is 0 Å². The maximum atomic E-state index is 5.93. The number of hydrogen-bond acceptors (Lipinski definition) is 6. The molecule has 1 aromatic heterocycles. The maximum absolute atomic E-state index is 5.93. The minimum Gasteiger partial charge on any atom is -0.466 e. The van der Waals surface area contributed by atoms with Crippen molar-refractivity contribution >= 4 is 11.3 Å². The number of rotatable bonds is 7. The molecule has 0 bridgehead atoms. The van der Waals surface area contributed by atoms with Gasteiger partial charge < -0.3 is 14.8 Å². The summed E-state index contributed by atoms with van der Waals surface area (Å²) in [4.78, 5) is 0. The molecule has 2 unspecified atom stereocenters. The summed E-state index contributed by atoms with van der Waals surface area (Å²) in [5, 5.41) is 13.2. The minimum atomic E-state index is 0.325. The smallest absolute Gasteiger partial charge is 0.294 e. The summed E-state index contributed by atoms with van der Waals surface area (Å²) in [6.07, 6.45) is 5.19. The first-order valence-electron chi connectivity index (χ1n) is 6.96. The Hall–Kier alpha value is -0.720. The highest BCUT2D eigenvalue weighted by Gasteiger charge is 2.21. The standard InChI is InChI=1S/C13H23N3O2S/c1-10-4-3-5-11(8-10)18-13-16-15-12(19-13)9-14-6-7-17-2/h10-11,14H,3-9H2,1-2H3. The fourth-order valence-electron chi connectivity index (χ4n) is 2.35. The van der Waals surface area contributed by atoms with Gasteiger partial charge in [0.1, 0.15) is 11.1 Å². The molecular formula is C13H23N3O2S. The summed E-state index contributed by atoms with van der Waals surface area (Å²) in [6.45, 7) is 4.56. The highest BCUT2D eigenvalue weighted by atomic mass is 32.1. The normalized spacial score (nSPS) is 23.5. The van der Waals surface area contributed by atoms with Crippen molar-refractivity contribution < 1.29 is 9.47 Å². The Morgan fingerprint density at radius 1 is 1.37 bits per heavy atom. The average molecular weight is 285 g/mol. The minimum absolute atomic E-state index is 0.325. The SMILES string of the molecule is COCCNCc1nnc(OC2CCCC(C)C2)s1. The molecule has 1 aromatic rings. The van der Waals surface area contributed by atoms with Crippen LogP contribution < -0.4 is 10.1 Å². The first kappa shape index (κ1) is 14.7. The lowest BCUT2D eigenvalue weighted by Gasteiger charge is -2.25. The van der Waals surface area contributed by atoms with Crippen LogP contribution in [0.15, 0.2) is 0 Å². The molecule has 1 N–H and O–H groups in total. The third-order valence-corrected chi connectivity index (χ3v) is 4.18. The highest BCUT2D eigenvalue weighted by Crippen LogP contribution is 2.28. The molecule has 2 atom stereocenters. The highest BCUT2D eigenvalue weighted by molar-refractivity contribution is 7.13. The lowest BCUT2D eigenvalue weighted by molar-refractivity contribution is 0.128. The maximum Gasteiger partial charge on any atom is 0.294 e. The van der Waals surface area contributed by atoms with E-state index in [9.17, 15) is 0 Å². The molecule has 1 aliphatic rings. The molecule has 0 aromatic carbocycles. The van der Waals surface area contributed by atoms with Gasteiger partial charge in [-0.2, -0.15) is 0 Å². The zero-order valence-electron chi connectivity index (χ0n) is 11.7. The van der Waals surface area contributed by atoms with E-state index < -0.39 is 0 Å². The second kappa shape index (κ2) is 7.77.